The minimum absolute atomic E-state index is 0.00307. The first kappa shape index (κ1) is 28.0. The van der Waals surface area contributed by atoms with Crippen LogP contribution in [0.1, 0.15) is 48.5 Å². The Balaban J connectivity index is 1.42. The van der Waals surface area contributed by atoms with Crippen LogP contribution in [0.5, 0.6) is 0 Å². The van der Waals surface area contributed by atoms with Crippen LogP contribution in [0, 0.1) is 5.92 Å². The number of ether oxygens (including phenoxy) is 2. The lowest BCUT2D eigenvalue weighted by molar-refractivity contribution is -0.268. The summed E-state index contributed by atoms with van der Waals surface area (Å²) >= 11 is 1.56. The van der Waals surface area contributed by atoms with Crippen LogP contribution in [-0.2, 0) is 34.5 Å². The minimum atomic E-state index is -0.579. The molecule has 1 aliphatic rings. The number of nitrogens with zero attached hydrogens (tertiary/aromatic N) is 4. The van der Waals surface area contributed by atoms with E-state index in [2.05, 4.69) is 52.0 Å². The predicted octanol–water partition coefficient (Wildman–Crippen LogP) is 4.59. The molecule has 0 saturated carbocycles. The van der Waals surface area contributed by atoms with Crippen LogP contribution in [0.3, 0.4) is 0 Å². The summed E-state index contributed by atoms with van der Waals surface area (Å²) in [5.74, 6) is 0.654. The van der Waals surface area contributed by atoms with Gasteiger partial charge in [0.1, 0.15) is 0 Å². The fourth-order valence-corrected chi connectivity index (χ4v) is 5.78. The first-order chi connectivity index (χ1) is 19.4. The fraction of sp³-hybridized carbons (Fsp3) is 0.333. The summed E-state index contributed by atoms with van der Waals surface area (Å²) in [5, 5.41) is 24.9. The van der Waals surface area contributed by atoms with Crippen LogP contribution >= 0.6 is 11.8 Å². The summed E-state index contributed by atoms with van der Waals surface area (Å²) in [6.07, 6.45) is -0.920. The lowest BCUT2D eigenvalue weighted by Crippen LogP contribution is -2.38. The third kappa shape index (κ3) is 6.59. The smallest absolute Gasteiger partial charge is 0.217 e. The highest BCUT2D eigenvalue weighted by Crippen LogP contribution is 2.43. The Bertz CT molecular complexity index is 1440. The summed E-state index contributed by atoms with van der Waals surface area (Å²) in [6.45, 7) is 4.13. The quantitative estimate of drug-likeness (QED) is 0.287. The van der Waals surface area contributed by atoms with Gasteiger partial charge in [-0.15, -0.1) is 5.10 Å². The van der Waals surface area contributed by atoms with Crippen LogP contribution in [0.2, 0.25) is 0 Å². The highest BCUT2D eigenvalue weighted by molar-refractivity contribution is 7.99. The number of benzene rings is 3. The minimum Gasteiger partial charge on any atom is -0.392 e. The summed E-state index contributed by atoms with van der Waals surface area (Å²) in [4.78, 5) is 11.4. The van der Waals surface area contributed by atoms with Crippen molar-refractivity contribution in [3.63, 3.8) is 0 Å². The van der Waals surface area contributed by atoms with Crippen molar-refractivity contribution in [2.24, 2.45) is 13.0 Å². The van der Waals surface area contributed by atoms with Gasteiger partial charge in [-0.1, -0.05) is 79.3 Å². The maximum Gasteiger partial charge on any atom is 0.217 e. The van der Waals surface area contributed by atoms with Gasteiger partial charge in [0.25, 0.3) is 0 Å². The van der Waals surface area contributed by atoms with Crippen molar-refractivity contribution < 1.29 is 19.4 Å². The molecule has 9 nitrogen and oxygen atoms in total. The number of aryl methyl sites for hydroxylation is 1. The molecule has 0 aliphatic carbocycles. The predicted molar refractivity (Wildman–Crippen MR) is 152 cm³/mol. The molecular weight excluding hydrogens is 526 g/mol. The van der Waals surface area contributed by atoms with Gasteiger partial charge in [-0.3, -0.25) is 4.79 Å². The average molecular weight is 560 g/mol. The maximum atomic E-state index is 11.4. The Morgan fingerprint density at radius 2 is 1.75 bits per heavy atom. The maximum absolute atomic E-state index is 11.4. The van der Waals surface area contributed by atoms with Crippen molar-refractivity contribution in [1.29, 1.82) is 0 Å². The first-order valence-electron chi connectivity index (χ1n) is 13.2. The van der Waals surface area contributed by atoms with Crippen LogP contribution in [0.25, 0.3) is 11.1 Å². The van der Waals surface area contributed by atoms with Crippen molar-refractivity contribution in [3.05, 3.63) is 95.1 Å². The van der Waals surface area contributed by atoms with E-state index in [0.29, 0.717) is 12.3 Å². The van der Waals surface area contributed by atoms with Crippen LogP contribution in [-0.4, -0.2) is 43.1 Å². The van der Waals surface area contributed by atoms with E-state index in [9.17, 15) is 9.90 Å². The van der Waals surface area contributed by atoms with E-state index in [1.165, 1.54) is 6.92 Å². The van der Waals surface area contributed by atoms with Crippen molar-refractivity contribution in [2.45, 2.75) is 50.7 Å². The Labute approximate surface area is 237 Å². The van der Waals surface area contributed by atoms with E-state index in [4.69, 9.17) is 9.47 Å². The topological polar surface area (TPSA) is 111 Å². The second-order valence-electron chi connectivity index (χ2n) is 9.95. The molecule has 208 valence electrons. The zero-order chi connectivity index (χ0) is 28.1. The Morgan fingerprint density at radius 3 is 2.45 bits per heavy atom. The van der Waals surface area contributed by atoms with Crippen molar-refractivity contribution in [3.8, 4) is 11.1 Å². The largest absolute Gasteiger partial charge is 0.392 e. The molecule has 2 N–H and O–H groups in total. The SMILES string of the molecule is CC(=O)NCc1cccc(-c2cccc(C3OC(CSc4nnnn4C)C(C)C(c4ccc(CO)cc4)O3)c2)c1. The van der Waals surface area contributed by atoms with Gasteiger partial charge in [0.2, 0.25) is 11.1 Å². The zero-order valence-corrected chi connectivity index (χ0v) is 23.5. The molecule has 4 atom stereocenters. The van der Waals surface area contributed by atoms with Gasteiger partial charge >= 0.3 is 0 Å². The highest BCUT2D eigenvalue weighted by atomic mass is 32.2. The zero-order valence-electron chi connectivity index (χ0n) is 22.7. The molecule has 1 saturated heterocycles. The monoisotopic (exact) mass is 559 g/mol. The normalized spacial score (nSPS) is 20.8. The van der Waals surface area contributed by atoms with E-state index in [-0.39, 0.29) is 30.6 Å². The summed E-state index contributed by atoms with van der Waals surface area (Å²) < 4.78 is 14.9. The third-order valence-electron chi connectivity index (χ3n) is 7.04. The second-order valence-corrected chi connectivity index (χ2v) is 10.9. The van der Waals surface area contributed by atoms with Crippen molar-refractivity contribution in [1.82, 2.24) is 25.5 Å². The lowest BCUT2D eigenvalue weighted by atomic mass is 9.91. The standard InChI is InChI=1S/C30H33N5O4S/c1-19-27(18-40-30-32-33-34-35(30)3)38-29(39-28(19)23-12-10-21(17-36)11-13-23)26-9-5-8-25(15-26)24-7-4-6-22(14-24)16-31-20(2)37/h4-15,19,27-29,36H,16-18H2,1-3H3,(H,31,37). The molecule has 1 aromatic heterocycles. The number of amides is 1. The average Bonchev–Trinajstić information content (AvgIpc) is 3.40. The molecule has 10 heteroatoms. The van der Waals surface area contributed by atoms with Gasteiger partial charge < -0.3 is 19.9 Å². The molecule has 0 radical (unpaired) electrons. The molecule has 2 heterocycles. The number of hydrogen-bond donors (Lipinski definition) is 2. The Morgan fingerprint density at radius 1 is 1.00 bits per heavy atom. The third-order valence-corrected chi connectivity index (χ3v) is 8.14. The van der Waals surface area contributed by atoms with Gasteiger partial charge in [0, 0.05) is 37.8 Å². The molecule has 0 spiro atoms. The number of aliphatic hydroxyl groups excluding tert-OH is 1. The molecular formula is C30H33N5O4S. The van der Waals surface area contributed by atoms with Crippen LogP contribution in [0.4, 0.5) is 0 Å². The number of carbonyl (C=O) groups is 1. The summed E-state index contributed by atoms with van der Waals surface area (Å²) in [7, 11) is 1.82. The molecule has 40 heavy (non-hydrogen) atoms. The summed E-state index contributed by atoms with van der Waals surface area (Å²) in [6, 6.07) is 24.2. The molecule has 0 bridgehead atoms. The van der Waals surface area contributed by atoms with E-state index < -0.39 is 6.29 Å². The van der Waals surface area contributed by atoms with E-state index in [1.54, 1.807) is 16.4 Å². The van der Waals surface area contributed by atoms with Crippen LogP contribution in [0.15, 0.2) is 78.0 Å². The molecule has 1 fully saturated rings. The highest BCUT2D eigenvalue weighted by Gasteiger charge is 2.38. The van der Waals surface area contributed by atoms with Crippen LogP contribution < -0.4 is 5.32 Å². The van der Waals surface area contributed by atoms with Gasteiger partial charge in [-0.05, 0) is 50.4 Å². The Kier molecular flexibility index (Phi) is 8.91. The molecule has 3 aromatic carbocycles. The number of tetrazole rings is 1. The Hall–Kier alpha value is -3.57. The number of nitrogens with one attached hydrogen (secondary N) is 1. The fourth-order valence-electron chi connectivity index (χ4n) is 4.76. The van der Waals surface area contributed by atoms with E-state index >= 15 is 0 Å². The van der Waals surface area contributed by atoms with Gasteiger partial charge in [-0.25, -0.2) is 4.68 Å². The van der Waals surface area contributed by atoms with Crippen molar-refractivity contribution >= 4 is 17.7 Å². The number of rotatable bonds is 9. The van der Waals surface area contributed by atoms with E-state index in [1.807, 2.05) is 55.6 Å². The molecule has 4 unspecified atom stereocenters. The number of carbonyl (C=O) groups excluding carboxylic acids is 1. The first-order valence-corrected chi connectivity index (χ1v) is 14.2. The van der Waals surface area contributed by atoms with Gasteiger partial charge in [0.05, 0.1) is 18.8 Å². The molecule has 1 aliphatic heterocycles. The second kappa shape index (κ2) is 12.7. The number of thioether (sulfide) groups is 1. The summed E-state index contributed by atoms with van der Waals surface area (Å²) in [5.41, 5.74) is 5.92. The van der Waals surface area contributed by atoms with Gasteiger partial charge in [-0.2, -0.15) is 0 Å². The molecule has 4 aromatic rings. The number of aliphatic hydroxyl groups is 1. The number of hydrogen-bond acceptors (Lipinski definition) is 8. The van der Waals surface area contributed by atoms with E-state index in [0.717, 1.165) is 38.5 Å². The lowest BCUT2D eigenvalue weighted by Gasteiger charge is -2.41. The van der Waals surface area contributed by atoms with Crippen molar-refractivity contribution in [2.75, 3.05) is 5.75 Å². The van der Waals surface area contributed by atoms with Gasteiger partial charge in [0.15, 0.2) is 6.29 Å². The number of aromatic nitrogens is 4. The molecule has 1 amide bonds. The molecule has 5 rings (SSSR count).